The molecule has 6 rings (SSSR count). The largest absolute Gasteiger partial charge is 0.454 e. The lowest BCUT2D eigenvalue weighted by molar-refractivity contribution is 0.122. The molecule has 0 radical (unpaired) electrons. The predicted octanol–water partition coefficient (Wildman–Crippen LogP) is 2.02. The first-order valence-electron chi connectivity index (χ1n) is 9.91. The molecule has 2 aliphatic rings. The molecule has 0 atom stereocenters. The number of rotatable bonds is 3. The minimum absolute atomic E-state index is 0.230. The van der Waals surface area contributed by atoms with Gasteiger partial charge in [0.25, 0.3) is 0 Å². The van der Waals surface area contributed by atoms with Crippen LogP contribution in [-0.2, 0) is 11.2 Å². The quantitative estimate of drug-likeness (QED) is 0.554. The van der Waals surface area contributed by atoms with Gasteiger partial charge in [0.15, 0.2) is 17.1 Å². The average Bonchev–Trinajstić information content (AvgIpc) is 3.40. The molecule has 2 aromatic carbocycles. The zero-order chi connectivity index (χ0) is 20.1. The molecule has 9 heteroatoms. The van der Waals surface area contributed by atoms with Gasteiger partial charge in [0, 0.05) is 30.6 Å². The normalized spacial score (nSPS) is 15.9. The van der Waals surface area contributed by atoms with Gasteiger partial charge >= 0.3 is 0 Å². The van der Waals surface area contributed by atoms with Crippen LogP contribution < -0.4 is 20.1 Å². The molecule has 0 amide bonds. The van der Waals surface area contributed by atoms with Crippen LogP contribution in [0.3, 0.4) is 0 Å². The van der Waals surface area contributed by atoms with Gasteiger partial charge in [-0.25, -0.2) is 4.98 Å². The Morgan fingerprint density at radius 3 is 2.73 bits per heavy atom. The topological polar surface area (TPSA) is 100 Å². The van der Waals surface area contributed by atoms with Crippen molar-refractivity contribution in [3.05, 3.63) is 47.8 Å². The summed E-state index contributed by atoms with van der Waals surface area (Å²) in [5.41, 5.74) is 9.69. The van der Waals surface area contributed by atoms with E-state index in [2.05, 4.69) is 27.1 Å². The smallest absolute Gasteiger partial charge is 0.240 e. The summed E-state index contributed by atoms with van der Waals surface area (Å²) < 4.78 is 18.1. The highest BCUT2D eigenvalue weighted by atomic mass is 16.7. The van der Waals surface area contributed by atoms with E-state index in [1.807, 2.05) is 24.3 Å². The van der Waals surface area contributed by atoms with Gasteiger partial charge in [-0.1, -0.05) is 6.07 Å². The third kappa shape index (κ3) is 2.86. The number of morpholine rings is 1. The maximum Gasteiger partial charge on any atom is 0.240 e. The van der Waals surface area contributed by atoms with Gasteiger partial charge in [0.2, 0.25) is 12.7 Å². The highest BCUT2D eigenvalue weighted by molar-refractivity contribution is 5.93. The first-order chi connectivity index (χ1) is 14.7. The Labute approximate surface area is 172 Å². The van der Waals surface area contributed by atoms with Crippen LogP contribution in [-0.4, -0.2) is 52.7 Å². The van der Waals surface area contributed by atoms with Gasteiger partial charge in [0.1, 0.15) is 5.82 Å². The molecule has 4 aromatic rings. The fraction of sp³-hybridized carbons (Fsp3) is 0.286. The Kier molecular flexibility index (Phi) is 3.88. The lowest BCUT2D eigenvalue weighted by atomic mass is 10.1. The number of nitrogens with two attached hydrogens (primary N) is 1. The summed E-state index contributed by atoms with van der Waals surface area (Å²) >= 11 is 0. The standard InChI is InChI=1S/C21H20N6O3/c22-21-24-20-15-3-2-14(26-5-7-28-8-6-26)11-16(15)23-19(27(20)25-21)10-13-1-4-17-18(9-13)30-12-29-17/h1-4,9,11H,5-8,10,12H2,(H2,22,25). The van der Waals surface area contributed by atoms with Crippen molar-refractivity contribution in [2.75, 3.05) is 43.7 Å². The second kappa shape index (κ2) is 6.74. The molecular weight excluding hydrogens is 384 g/mol. The van der Waals surface area contributed by atoms with Crippen molar-refractivity contribution in [1.29, 1.82) is 0 Å². The summed E-state index contributed by atoms with van der Waals surface area (Å²) in [5.74, 6) is 2.50. The van der Waals surface area contributed by atoms with Crippen LogP contribution in [0.25, 0.3) is 16.6 Å². The minimum Gasteiger partial charge on any atom is -0.454 e. The minimum atomic E-state index is 0.230. The summed E-state index contributed by atoms with van der Waals surface area (Å²) in [5, 5.41) is 5.30. The van der Waals surface area contributed by atoms with Crippen LogP contribution in [0.1, 0.15) is 11.4 Å². The number of nitrogen functional groups attached to an aromatic ring is 1. The summed E-state index contributed by atoms with van der Waals surface area (Å²) in [6.07, 6.45) is 0.563. The van der Waals surface area contributed by atoms with E-state index in [-0.39, 0.29) is 12.7 Å². The third-order valence-corrected chi connectivity index (χ3v) is 5.52. The average molecular weight is 404 g/mol. The van der Waals surface area contributed by atoms with E-state index < -0.39 is 0 Å². The number of hydrogen-bond acceptors (Lipinski definition) is 8. The third-order valence-electron chi connectivity index (χ3n) is 5.52. The first kappa shape index (κ1) is 17.3. The Morgan fingerprint density at radius 1 is 0.967 bits per heavy atom. The molecule has 1 fully saturated rings. The van der Waals surface area contributed by atoms with Crippen LogP contribution >= 0.6 is 0 Å². The number of ether oxygens (including phenoxy) is 3. The van der Waals surface area contributed by atoms with E-state index in [9.17, 15) is 0 Å². The molecule has 0 unspecified atom stereocenters. The molecule has 1 saturated heterocycles. The van der Waals surface area contributed by atoms with Crippen molar-refractivity contribution in [2.45, 2.75) is 6.42 Å². The molecule has 0 spiro atoms. The van der Waals surface area contributed by atoms with Gasteiger partial charge in [-0.05, 0) is 35.9 Å². The lowest BCUT2D eigenvalue weighted by Crippen LogP contribution is -2.36. The van der Waals surface area contributed by atoms with Crippen molar-refractivity contribution >= 4 is 28.2 Å². The van der Waals surface area contributed by atoms with Gasteiger partial charge < -0.3 is 24.8 Å². The number of nitrogens with zero attached hydrogens (tertiary/aromatic N) is 5. The van der Waals surface area contributed by atoms with E-state index >= 15 is 0 Å². The monoisotopic (exact) mass is 404 g/mol. The highest BCUT2D eigenvalue weighted by Gasteiger charge is 2.18. The number of hydrogen-bond donors (Lipinski definition) is 1. The second-order valence-electron chi connectivity index (χ2n) is 7.40. The number of fused-ring (bicyclic) bond motifs is 4. The van der Waals surface area contributed by atoms with E-state index in [4.69, 9.17) is 24.9 Å². The molecule has 2 aliphatic heterocycles. The van der Waals surface area contributed by atoms with Crippen LogP contribution in [0, 0.1) is 0 Å². The Balaban J connectivity index is 1.46. The highest BCUT2D eigenvalue weighted by Crippen LogP contribution is 2.33. The molecule has 2 N–H and O–H groups in total. The molecule has 0 aliphatic carbocycles. The summed E-state index contributed by atoms with van der Waals surface area (Å²) in [4.78, 5) is 11.7. The number of aromatic nitrogens is 4. The van der Waals surface area contributed by atoms with Crippen LogP contribution in [0.5, 0.6) is 11.5 Å². The predicted molar refractivity (Wildman–Crippen MR) is 111 cm³/mol. The molecule has 30 heavy (non-hydrogen) atoms. The number of benzene rings is 2. The van der Waals surface area contributed by atoms with E-state index in [1.54, 1.807) is 4.52 Å². The summed E-state index contributed by atoms with van der Waals surface area (Å²) in [6.45, 7) is 3.47. The van der Waals surface area contributed by atoms with Crippen molar-refractivity contribution in [3.63, 3.8) is 0 Å². The second-order valence-corrected chi connectivity index (χ2v) is 7.40. The molecule has 2 aromatic heterocycles. The van der Waals surface area contributed by atoms with Crippen molar-refractivity contribution in [1.82, 2.24) is 19.6 Å². The van der Waals surface area contributed by atoms with Crippen molar-refractivity contribution < 1.29 is 14.2 Å². The Hall–Kier alpha value is -3.59. The van der Waals surface area contributed by atoms with E-state index in [0.717, 1.165) is 65.8 Å². The van der Waals surface area contributed by atoms with Gasteiger partial charge in [-0.15, -0.1) is 5.10 Å². The van der Waals surface area contributed by atoms with Crippen molar-refractivity contribution in [3.8, 4) is 11.5 Å². The van der Waals surface area contributed by atoms with Crippen LogP contribution in [0.15, 0.2) is 36.4 Å². The SMILES string of the molecule is Nc1nc2c3ccc(N4CCOCC4)cc3nc(Cc3ccc4c(c3)OCO4)n2n1. The Morgan fingerprint density at radius 2 is 1.83 bits per heavy atom. The Bertz CT molecular complexity index is 1260. The molecule has 152 valence electrons. The fourth-order valence-corrected chi connectivity index (χ4v) is 4.04. The maximum atomic E-state index is 5.93. The van der Waals surface area contributed by atoms with E-state index in [0.29, 0.717) is 12.1 Å². The van der Waals surface area contributed by atoms with Crippen molar-refractivity contribution in [2.24, 2.45) is 0 Å². The maximum absolute atomic E-state index is 5.93. The lowest BCUT2D eigenvalue weighted by Gasteiger charge is -2.29. The molecule has 0 bridgehead atoms. The van der Waals surface area contributed by atoms with Gasteiger partial charge in [-0.3, -0.25) is 0 Å². The molecule has 9 nitrogen and oxygen atoms in total. The van der Waals surface area contributed by atoms with Crippen LogP contribution in [0.2, 0.25) is 0 Å². The van der Waals surface area contributed by atoms with E-state index in [1.165, 1.54) is 0 Å². The van der Waals surface area contributed by atoms with Gasteiger partial charge in [0.05, 0.1) is 18.7 Å². The summed E-state index contributed by atoms with van der Waals surface area (Å²) in [7, 11) is 0. The van der Waals surface area contributed by atoms with Crippen LogP contribution in [0.4, 0.5) is 11.6 Å². The molecular formula is C21H20N6O3. The molecule has 0 saturated carbocycles. The fourth-order valence-electron chi connectivity index (χ4n) is 4.04. The summed E-state index contributed by atoms with van der Waals surface area (Å²) in [6, 6.07) is 12.1. The molecule has 4 heterocycles. The first-order valence-corrected chi connectivity index (χ1v) is 9.91. The zero-order valence-electron chi connectivity index (χ0n) is 16.2. The number of anilines is 2. The zero-order valence-corrected chi connectivity index (χ0v) is 16.2. The van der Waals surface area contributed by atoms with Gasteiger partial charge in [-0.2, -0.15) is 9.50 Å².